The van der Waals surface area contributed by atoms with E-state index in [1.54, 1.807) is 0 Å². The van der Waals surface area contributed by atoms with Crippen molar-refractivity contribution in [3.05, 3.63) is 40.3 Å². The van der Waals surface area contributed by atoms with Gasteiger partial charge in [-0.25, -0.2) is 0 Å². The van der Waals surface area contributed by atoms with Crippen molar-refractivity contribution >= 4 is 11.3 Å². The summed E-state index contributed by atoms with van der Waals surface area (Å²) in [5, 5.41) is 6.49. The van der Waals surface area contributed by atoms with Crippen LogP contribution in [0.2, 0.25) is 0 Å². The summed E-state index contributed by atoms with van der Waals surface area (Å²) < 4.78 is 7.79. The smallest absolute Gasteiger partial charge is 0.0522 e. The van der Waals surface area contributed by atoms with E-state index in [1.807, 2.05) is 29.3 Å². The number of hydrogen-bond acceptors (Lipinski definition) is 3. The number of thiophene rings is 1. The predicted molar refractivity (Wildman–Crippen MR) is 95.8 cm³/mol. The second kappa shape index (κ2) is 7.63. The van der Waals surface area contributed by atoms with E-state index < -0.39 is 0 Å². The minimum atomic E-state index is 0.382. The zero-order chi connectivity index (χ0) is 16.1. The zero-order valence-electron chi connectivity index (χ0n) is 14.3. The van der Waals surface area contributed by atoms with E-state index in [4.69, 9.17) is 4.74 Å². The summed E-state index contributed by atoms with van der Waals surface area (Å²) in [6.45, 7) is 3.86. The fourth-order valence-corrected chi connectivity index (χ4v) is 4.71. The van der Waals surface area contributed by atoms with E-state index in [0.29, 0.717) is 5.41 Å². The average molecular weight is 333 g/mol. The maximum absolute atomic E-state index is 5.88. The van der Waals surface area contributed by atoms with Crippen LogP contribution in [0.4, 0.5) is 0 Å². The molecule has 2 atom stereocenters. The van der Waals surface area contributed by atoms with Crippen molar-refractivity contribution in [3.8, 4) is 0 Å². The Labute approximate surface area is 143 Å². The van der Waals surface area contributed by atoms with Crippen LogP contribution in [0.5, 0.6) is 0 Å². The van der Waals surface area contributed by atoms with Gasteiger partial charge in [-0.1, -0.05) is 6.07 Å². The van der Waals surface area contributed by atoms with E-state index in [-0.39, 0.29) is 0 Å². The van der Waals surface area contributed by atoms with Crippen molar-refractivity contribution in [1.82, 2.24) is 9.78 Å². The second-order valence-corrected chi connectivity index (χ2v) is 8.08. The van der Waals surface area contributed by atoms with Gasteiger partial charge in [0.2, 0.25) is 0 Å². The number of ether oxygens (including phenoxy) is 1. The molecule has 0 bridgehead atoms. The van der Waals surface area contributed by atoms with Crippen LogP contribution in [0.15, 0.2) is 29.9 Å². The lowest BCUT2D eigenvalue weighted by atomic mass is 9.80. The quantitative estimate of drug-likeness (QED) is 0.712. The molecular weight excluding hydrogens is 304 g/mol. The number of hydrogen-bond donors (Lipinski definition) is 0. The lowest BCUT2D eigenvalue weighted by Crippen LogP contribution is -2.25. The molecule has 0 radical (unpaired) electrons. The molecule has 1 saturated carbocycles. The molecule has 1 unspecified atom stereocenters. The first-order valence-electron chi connectivity index (χ1n) is 8.77. The fraction of sp³-hybridized carbons (Fsp3) is 0.632. The third-order valence-electron chi connectivity index (χ3n) is 5.18. The topological polar surface area (TPSA) is 27.1 Å². The van der Waals surface area contributed by atoms with Crippen LogP contribution in [0.25, 0.3) is 0 Å². The van der Waals surface area contributed by atoms with Gasteiger partial charge in [-0.05, 0) is 73.8 Å². The van der Waals surface area contributed by atoms with Crippen LogP contribution in [0, 0.1) is 11.3 Å². The Hall–Kier alpha value is -1.13. The standard InChI is InChI=1S/C19H28N2OS/c1-3-22-15-19(9-7-18-5-4-10-23-18)8-6-16(12-19)11-17-13-20-21(2)14-17/h4-5,10,13-14,16H,3,6-9,11-12,15H2,1-2H3/t16?,19-/m1/s1. The molecular formula is C19H28N2OS. The van der Waals surface area contributed by atoms with E-state index in [9.17, 15) is 0 Å². The van der Waals surface area contributed by atoms with Crippen molar-refractivity contribution in [1.29, 1.82) is 0 Å². The molecule has 0 saturated heterocycles. The molecule has 1 aliphatic carbocycles. The van der Waals surface area contributed by atoms with Gasteiger partial charge in [0.05, 0.1) is 12.8 Å². The molecule has 0 aliphatic heterocycles. The highest BCUT2D eigenvalue weighted by atomic mass is 32.1. The summed E-state index contributed by atoms with van der Waals surface area (Å²) in [4.78, 5) is 1.51. The van der Waals surface area contributed by atoms with Gasteiger partial charge in [-0.3, -0.25) is 4.68 Å². The minimum absolute atomic E-state index is 0.382. The summed E-state index contributed by atoms with van der Waals surface area (Å²) >= 11 is 1.88. The third kappa shape index (κ3) is 4.45. The zero-order valence-corrected chi connectivity index (χ0v) is 15.1. The summed E-state index contributed by atoms with van der Waals surface area (Å²) in [7, 11) is 2.00. The molecule has 0 aromatic carbocycles. The summed E-state index contributed by atoms with van der Waals surface area (Å²) in [6, 6.07) is 4.43. The van der Waals surface area contributed by atoms with Crippen LogP contribution in [0.3, 0.4) is 0 Å². The molecule has 126 valence electrons. The molecule has 0 N–H and O–H groups in total. The first kappa shape index (κ1) is 16.7. The van der Waals surface area contributed by atoms with Crippen LogP contribution < -0.4 is 0 Å². The van der Waals surface area contributed by atoms with Gasteiger partial charge in [0.15, 0.2) is 0 Å². The molecule has 2 aromatic heterocycles. The number of rotatable bonds is 8. The third-order valence-corrected chi connectivity index (χ3v) is 6.12. The maximum atomic E-state index is 5.88. The van der Waals surface area contributed by atoms with Crippen molar-refractivity contribution in [3.63, 3.8) is 0 Å². The van der Waals surface area contributed by atoms with E-state index in [1.165, 1.54) is 49.0 Å². The predicted octanol–water partition coefficient (Wildman–Crippen LogP) is 4.48. The Balaban J connectivity index is 1.60. The molecule has 0 amide bonds. The largest absolute Gasteiger partial charge is 0.381 e. The lowest BCUT2D eigenvalue weighted by Gasteiger charge is -2.29. The fourth-order valence-electron chi connectivity index (χ4n) is 4.00. The summed E-state index contributed by atoms with van der Waals surface area (Å²) in [6.07, 6.45) is 11.7. The van der Waals surface area contributed by atoms with E-state index >= 15 is 0 Å². The van der Waals surface area contributed by atoms with E-state index in [2.05, 4.69) is 35.7 Å². The minimum Gasteiger partial charge on any atom is -0.381 e. The molecule has 0 spiro atoms. The van der Waals surface area contributed by atoms with Gasteiger partial charge in [-0.15, -0.1) is 11.3 Å². The molecule has 1 aliphatic rings. The highest BCUT2D eigenvalue weighted by Gasteiger charge is 2.39. The Bertz CT molecular complexity index is 592. The average Bonchev–Trinajstić information content (AvgIpc) is 3.26. The number of aryl methyl sites for hydroxylation is 2. The molecule has 2 heterocycles. The lowest BCUT2D eigenvalue weighted by molar-refractivity contribution is 0.0461. The normalized spacial score (nSPS) is 24.3. The maximum Gasteiger partial charge on any atom is 0.0522 e. The van der Waals surface area contributed by atoms with Crippen LogP contribution in [-0.4, -0.2) is 23.0 Å². The van der Waals surface area contributed by atoms with Crippen molar-refractivity contribution in [2.75, 3.05) is 13.2 Å². The van der Waals surface area contributed by atoms with Crippen LogP contribution in [0.1, 0.15) is 43.0 Å². The Kier molecular flexibility index (Phi) is 5.54. The molecule has 4 heteroatoms. The van der Waals surface area contributed by atoms with E-state index in [0.717, 1.165) is 19.1 Å². The van der Waals surface area contributed by atoms with Crippen molar-refractivity contribution < 1.29 is 4.74 Å². The Morgan fingerprint density at radius 3 is 3.09 bits per heavy atom. The highest BCUT2D eigenvalue weighted by Crippen LogP contribution is 2.46. The van der Waals surface area contributed by atoms with Gasteiger partial charge in [0.1, 0.15) is 0 Å². The van der Waals surface area contributed by atoms with Gasteiger partial charge in [0.25, 0.3) is 0 Å². The van der Waals surface area contributed by atoms with Crippen LogP contribution >= 0.6 is 11.3 Å². The van der Waals surface area contributed by atoms with Gasteiger partial charge in [0, 0.05) is 24.7 Å². The highest BCUT2D eigenvalue weighted by molar-refractivity contribution is 7.09. The molecule has 1 fully saturated rings. The summed E-state index contributed by atoms with van der Waals surface area (Å²) in [5.41, 5.74) is 1.76. The molecule has 3 rings (SSSR count). The van der Waals surface area contributed by atoms with Crippen molar-refractivity contribution in [2.45, 2.75) is 45.4 Å². The monoisotopic (exact) mass is 332 g/mol. The first-order chi connectivity index (χ1) is 11.2. The Morgan fingerprint density at radius 1 is 1.48 bits per heavy atom. The van der Waals surface area contributed by atoms with Gasteiger partial charge < -0.3 is 4.74 Å². The Morgan fingerprint density at radius 2 is 2.39 bits per heavy atom. The number of aromatic nitrogens is 2. The first-order valence-corrected chi connectivity index (χ1v) is 9.65. The van der Waals surface area contributed by atoms with Gasteiger partial charge >= 0.3 is 0 Å². The van der Waals surface area contributed by atoms with Gasteiger partial charge in [-0.2, -0.15) is 5.10 Å². The molecule has 2 aromatic rings. The SMILES string of the molecule is CCOC[C@@]1(CCc2cccs2)CCC(Cc2cnn(C)c2)C1. The number of nitrogens with zero attached hydrogens (tertiary/aromatic N) is 2. The van der Waals surface area contributed by atoms with Crippen molar-refractivity contribution in [2.24, 2.45) is 18.4 Å². The van der Waals surface area contributed by atoms with Crippen LogP contribution in [-0.2, 0) is 24.6 Å². The molecule has 23 heavy (non-hydrogen) atoms. The second-order valence-electron chi connectivity index (χ2n) is 7.05. The molecule has 3 nitrogen and oxygen atoms in total. The summed E-state index contributed by atoms with van der Waals surface area (Å²) in [5.74, 6) is 0.781.